The normalized spacial score (nSPS) is 11.1. The van der Waals surface area contributed by atoms with Gasteiger partial charge in [-0.15, -0.1) is 0 Å². The second-order valence-corrected chi connectivity index (χ2v) is 3.97. The zero-order chi connectivity index (χ0) is 11.3. The van der Waals surface area contributed by atoms with Crippen molar-refractivity contribution >= 4 is 5.97 Å². The number of carbonyl (C=O) groups is 1. The Kier molecular flexibility index (Phi) is 3.89. The van der Waals surface area contributed by atoms with E-state index in [9.17, 15) is 4.79 Å². The molecule has 1 aromatic carbocycles. The highest BCUT2D eigenvalue weighted by Crippen LogP contribution is 2.27. The number of hydrogen-bond donors (Lipinski definition) is 0. The van der Waals surface area contributed by atoms with Gasteiger partial charge in [0, 0.05) is 0 Å². The largest absolute Gasteiger partial charge is 0.426 e. The van der Waals surface area contributed by atoms with Gasteiger partial charge < -0.3 is 4.74 Å². The minimum absolute atomic E-state index is 0.140. The lowest BCUT2D eigenvalue weighted by Gasteiger charge is -2.23. The molecule has 0 aliphatic heterocycles. The van der Waals surface area contributed by atoms with Crippen LogP contribution in [0.5, 0.6) is 5.75 Å². The van der Waals surface area contributed by atoms with Crippen molar-refractivity contribution in [3.05, 3.63) is 30.3 Å². The number of esters is 1. The van der Waals surface area contributed by atoms with Crippen molar-refractivity contribution in [2.75, 3.05) is 0 Å². The van der Waals surface area contributed by atoms with Crippen LogP contribution in [0, 0.1) is 5.41 Å². The lowest BCUT2D eigenvalue weighted by molar-refractivity contribution is -0.145. The molecule has 0 spiro atoms. The molecule has 0 radical (unpaired) electrons. The standard InChI is InChI=1S/C13H18O2/c1-4-13(3,5-2)12(14)15-11-9-7-6-8-10-11/h6-10H,4-5H2,1-3H3. The van der Waals surface area contributed by atoms with E-state index in [0.717, 1.165) is 12.8 Å². The summed E-state index contributed by atoms with van der Waals surface area (Å²) in [6.07, 6.45) is 1.60. The van der Waals surface area contributed by atoms with Gasteiger partial charge in [0.1, 0.15) is 5.75 Å². The lowest BCUT2D eigenvalue weighted by atomic mass is 9.85. The van der Waals surface area contributed by atoms with E-state index in [0.29, 0.717) is 5.75 Å². The first-order chi connectivity index (χ1) is 7.12. The van der Waals surface area contributed by atoms with Gasteiger partial charge in [0.25, 0.3) is 0 Å². The van der Waals surface area contributed by atoms with Crippen molar-refractivity contribution in [3.8, 4) is 5.75 Å². The minimum Gasteiger partial charge on any atom is -0.426 e. The molecule has 0 aliphatic rings. The van der Waals surface area contributed by atoms with Gasteiger partial charge in [0.2, 0.25) is 0 Å². The molecule has 0 amide bonds. The van der Waals surface area contributed by atoms with Gasteiger partial charge >= 0.3 is 5.97 Å². The smallest absolute Gasteiger partial charge is 0.317 e. The number of hydrogen-bond acceptors (Lipinski definition) is 2. The average Bonchev–Trinajstić information content (AvgIpc) is 2.29. The molecule has 0 saturated carbocycles. The van der Waals surface area contributed by atoms with Crippen LogP contribution in [0.1, 0.15) is 33.6 Å². The molecular weight excluding hydrogens is 188 g/mol. The molecule has 0 aliphatic carbocycles. The third kappa shape index (κ3) is 2.82. The molecule has 0 aromatic heterocycles. The van der Waals surface area contributed by atoms with Crippen molar-refractivity contribution in [3.63, 3.8) is 0 Å². The highest BCUT2D eigenvalue weighted by atomic mass is 16.5. The summed E-state index contributed by atoms with van der Waals surface area (Å²) in [4.78, 5) is 11.9. The molecule has 0 heterocycles. The van der Waals surface area contributed by atoms with E-state index in [4.69, 9.17) is 4.74 Å². The molecule has 0 saturated heterocycles. The van der Waals surface area contributed by atoms with Gasteiger partial charge in [-0.05, 0) is 31.9 Å². The van der Waals surface area contributed by atoms with Gasteiger partial charge in [-0.2, -0.15) is 0 Å². The van der Waals surface area contributed by atoms with Crippen molar-refractivity contribution in [2.45, 2.75) is 33.6 Å². The Labute approximate surface area is 91.3 Å². The quantitative estimate of drug-likeness (QED) is 0.557. The predicted molar refractivity (Wildman–Crippen MR) is 60.8 cm³/mol. The SMILES string of the molecule is CCC(C)(CC)C(=O)Oc1ccccc1. The van der Waals surface area contributed by atoms with E-state index in [1.54, 1.807) is 12.1 Å². The first kappa shape index (κ1) is 11.8. The number of para-hydroxylation sites is 1. The first-order valence-electron chi connectivity index (χ1n) is 5.39. The molecule has 0 fully saturated rings. The summed E-state index contributed by atoms with van der Waals surface area (Å²) in [6.45, 7) is 5.96. The van der Waals surface area contributed by atoms with Gasteiger partial charge in [0.05, 0.1) is 5.41 Å². The molecule has 0 N–H and O–H groups in total. The van der Waals surface area contributed by atoms with Crippen molar-refractivity contribution < 1.29 is 9.53 Å². The van der Waals surface area contributed by atoms with Gasteiger partial charge in [-0.25, -0.2) is 0 Å². The van der Waals surface area contributed by atoms with Crippen LogP contribution >= 0.6 is 0 Å². The molecule has 15 heavy (non-hydrogen) atoms. The second-order valence-electron chi connectivity index (χ2n) is 3.97. The molecule has 1 rings (SSSR count). The molecule has 1 aromatic rings. The molecule has 0 bridgehead atoms. The third-order valence-corrected chi connectivity index (χ3v) is 3.01. The van der Waals surface area contributed by atoms with Crippen LogP contribution < -0.4 is 4.74 Å². The zero-order valence-corrected chi connectivity index (χ0v) is 9.62. The zero-order valence-electron chi connectivity index (χ0n) is 9.62. The Bertz CT molecular complexity index is 313. The molecule has 82 valence electrons. The highest BCUT2D eigenvalue weighted by molar-refractivity contribution is 5.78. The summed E-state index contributed by atoms with van der Waals surface area (Å²) in [6, 6.07) is 9.21. The second kappa shape index (κ2) is 4.96. The molecule has 0 atom stereocenters. The van der Waals surface area contributed by atoms with E-state index >= 15 is 0 Å². The van der Waals surface area contributed by atoms with Crippen molar-refractivity contribution in [1.82, 2.24) is 0 Å². The van der Waals surface area contributed by atoms with Crippen LogP contribution in [0.2, 0.25) is 0 Å². The van der Waals surface area contributed by atoms with Crippen molar-refractivity contribution in [1.29, 1.82) is 0 Å². The topological polar surface area (TPSA) is 26.3 Å². The fourth-order valence-corrected chi connectivity index (χ4v) is 1.26. The molecule has 0 unspecified atom stereocenters. The Balaban J connectivity index is 2.71. The maximum Gasteiger partial charge on any atom is 0.317 e. The van der Waals surface area contributed by atoms with E-state index in [1.165, 1.54) is 0 Å². The monoisotopic (exact) mass is 206 g/mol. The summed E-state index contributed by atoms with van der Waals surface area (Å²) in [5, 5.41) is 0. The van der Waals surface area contributed by atoms with Crippen LogP contribution in [0.15, 0.2) is 30.3 Å². The number of benzene rings is 1. The van der Waals surface area contributed by atoms with Crippen LogP contribution in [0.3, 0.4) is 0 Å². The number of ether oxygens (including phenoxy) is 1. The molecule has 2 heteroatoms. The summed E-state index contributed by atoms with van der Waals surface area (Å²) in [5.41, 5.74) is -0.365. The van der Waals surface area contributed by atoms with Gasteiger partial charge in [-0.3, -0.25) is 4.79 Å². The number of rotatable bonds is 4. The van der Waals surface area contributed by atoms with Crippen LogP contribution in [0.4, 0.5) is 0 Å². The Hall–Kier alpha value is -1.31. The molecular formula is C13H18O2. The molecule has 2 nitrogen and oxygen atoms in total. The lowest BCUT2D eigenvalue weighted by Crippen LogP contribution is -2.30. The van der Waals surface area contributed by atoms with E-state index in [-0.39, 0.29) is 11.4 Å². The predicted octanol–water partition coefficient (Wildman–Crippen LogP) is 3.42. The summed E-state index contributed by atoms with van der Waals surface area (Å²) in [7, 11) is 0. The van der Waals surface area contributed by atoms with Crippen molar-refractivity contribution in [2.24, 2.45) is 5.41 Å². The summed E-state index contributed by atoms with van der Waals surface area (Å²) >= 11 is 0. The van der Waals surface area contributed by atoms with E-state index in [2.05, 4.69) is 0 Å². The van der Waals surface area contributed by atoms with Crippen LogP contribution in [0.25, 0.3) is 0 Å². The average molecular weight is 206 g/mol. The maximum absolute atomic E-state index is 11.9. The van der Waals surface area contributed by atoms with Crippen LogP contribution in [-0.4, -0.2) is 5.97 Å². The number of carbonyl (C=O) groups excluding carboxylic acids is 1. The fourth-order valence-electron chi connectivity index (χ4n) is 1.26. The summed E-state index contributed by atoms with van der Waals surface area (Å²) in [5.74, 6) is 0.481. The maximum atomic E-state index is 11.9. The third-order valence-electron chi connectivity index (χ3n) is 3.01. The van der Waals surface area contributed by atoms with Gasteiger partial charge in [0.15, 0.2) is 0 Å². The van der Waals surface area contributed by atoms with E-state index in [1.807, 2.05) is 39.0 Å². The minimum atomic E-state index is -0.365. The van der Waals surface area contributed by atoms with E-state index < -0.39 is 0 Å². The van der Waals surface area contributed by atoms with Gasteiger partial charge in [-0.1, -0.05) is 32.0 Å². The first-order valence-corrected chi connectivity index (χ1v) is 5.39. The summed E-state index contributed by atoms with van der Waals surface area (Å²) < 4.78 is 5.32. The Morgan fingerprint density at radius 3 is 2.20 bits per heavy atom. The Morgan fingerprint density at radius 2 is 1.73 bits per heavy atom. The Morgan fingerprint density at radius 1 is 1.20 bits per heavy atom. The fraction of sp³-hybridized carbons (Fsp3) is 0.462. The highest BCUT2D eigenvalue weighted by Gasteiger charge is 2.31. The van der Waals surface area contributed by atoms with Crippen LogP contribution in [-0.2, 0) is 4.79 Å².